The average molecular weight is 371 g/mol. The molecule has 1 atom stereocenters. The highest BCUT2D eigenvalue weighted by molar-refractivity contribution is 6.32. The molecule has 1 aliphatic rings. The van der Waals surface area contributed by atoms with E-state index < -0.39 is 11.4 Å². The Morgan fingerprint density at radius 2 is 2.16 bits per heavy atom. The van der Waals surface area contributed by atoms with Crippen molar-refractivity contribution in [2.45, 2.75) is 20.3 Å². The van der Waals surface area contributed by atoms with Gasteiger partial charge in [-0.25, -0.2) is 4.79 Å². The highest BCUT2D eigenvalue weighted by atomic mass is 35.5. The van der Waals surface area contributed by atoms with Crippen molar-refractivity contribution in [3.05, 3.63) is 23.2 Å². The minimum Gasteiger partial charge on any atom is -0.487 e. The van der Waals surface area contributed by atoms with Crippen LogP contribution < -0.4 is 10.1 Å². The van der Waals surface area contributed by atoms with Crippen LogP contribution in [0.15, 0.2) is 18.2 Å². The van der Waals surface area contributed by atoms with Gasteiger partial charge in [0, 0.05) is 19.7 Å². The first-order valence-corrected chi connectivity index (χ1v) is 8.53. The molecule has 138 valence electrons. The fourth-order valence-corrected chi connectivity index (χ4v) is 2.83. The van der Waals surface area contributed by atoms with Crippen LogP contribution in [0.1, 0.15) is 20.3 Å². The van der Waals surface area contributed by atoms with Gasteiger partial charge in [-0.15, -0.1) is 0 Å². The van der Waals surface area contributed by atoms with E-state index in [1.165, 1.54) is 4.90 Å². The summed E-state index contributed by atoms with van der Waals surface area (Å²) in [5.41, 5.74) is -0.472. The van der Waals surface area contributed by atoms with Gasteiger partial charge in [-0.3, -0.25) is 4.79 Å². The average Bonchev–Trinajstić information content (AvgIpc) is 2.98. The van der Waals surface area contributed by atoms with Crippen molar-refractivity contribution in [1.29, 1.82) is 0 Å². The first-order valence-electron chi connectivity index (χ1n) is 8.16. The van der Waals surface area contributed by atoms with Gasteiger partial charge in [0.05, 0.1) is 22.7 Å². The Bertz CT molecular complexity index is 639. The summed E-state index contributed by atoms with van der Waals surface area (Å²) in [5.74, 6) is -0.525. The monoisotopic (exact) mass is 370 g/mol. The zero-order valence-electron chi connectivity index (χ0n) is 14.4. The number of halogens is 1. The summed E-state index contributed by atoms with van der Waals surface area (Å²) in [6.07, 6.45) is 0.420. The lowest BCUT2D eigenvalue weighted by Gasteiger charge is -2.21. The number of nitrogens with one attached hydrogen (secondary N) is 1. The number of anilines is 1. The molecule has 1 heterocycles. The smallest absolute Gasteiger partial charge is 0.321 e. The molecule has 2 amide bonds. The topological polar surface area (TPSA) is 88.1 Å². The van der Waals surface area contributed by atoms with Crippen LogP contribution in [-0.4, -0.2) is 54.9 Å². The molecule has 0 saturated carbocycles. The second-order valence-electron chi connectivity index (χ2n) is 6.13. The Hall–Kier alpha value is -1.99. The molecule has 2 N–H and O–H groups in total. The molecule has 0 bridgehead atoms. The lowest BCUT2D eigenvalue weighted by Crippen LogP contribution is -2.37. The van der Waals surface area contributed by atoms with Gasteiger partial charge >= 0.3 is 12.0 Å². The standard InChI is InChI=1S/C17H23ClN2O5/c1-3-24-9-10-25-14-12(18)5-4-6-13(14)19-16(23)20-8-7-17(2,11-20)15(21)22/h4-6H,3,7-11H2,1-2H3,(H,19,23)(H,21,22). The van der Waals surface area contributed by atoms with Crippen LogP contribution in [-0.2, 0) is 9.53 Å². The van der Waals surface area contributed by atoms with Gasteiger partial charge in [0.25, 0.3) is 0 Å². The van der Waals surface area contributed by atoms with Gasteiger partial charge in [-0.2, -0.15) is 0 Å². The Balaban J connectivity index is 2.03. The number of ether oxygens (including phenoxy) is 2. The number of carboxylic acids is 1. The largest absolute Gasteiger partial charge is 0.487 e. The number of benzene rings is 1. The molecule has 2 rings (SSSR count). The molecule has 0 aromatic heterocycles. The van der Waals surface area contributed by atoms with E-state index in [1.807, 2.05) is 6.92 Å². The highest BCUT2D eigenvalue weighted by Gasteiger charge is 2.42. The summed E-state index contributed by atoms with van der Waals surface area (Å²) in [5, 5.41) is 12.4. The third-order valence-corrected chi connectivity index (χ3v) is 4.46. The molecular weight excluding hydrogens is 348 g/mol. The normalized spacial score (nSPS) is 19.7. The molecule has 8 heteroatoms. The number of amides is 2. The van der Waals surface area contributed by atoms with E-state index in [2.05, 4.69) is 5.32 Å². The van der Waals surface area contributed by atoms with Gasteiger partial charge in [-0.05, 0) is 32.4 Å². The summed E-state index contributed by atoms with van der Waals surface area (Å²) in [6, 6.07) is 4.69. The van der Waals surface area contributed by atoms with Crippen LogP contribution in [0, 0.1) is 5.41 Å². The van der Waals surface area contributed by atoms with E-state index in [0.29, 0.717) is 49.2 Å². The van der Waals surface area contributed by atoms with E-state index in [1.54, 1.807) is 25.1 Å². The Kier molecular flexibility index (Phi) is 6.50. The predicted molar refractivity (Wildman–Crippen MR) is 94.4 cm³/mol. The van der Waals surface area contributed by atoms with Crippen molar-refractivity contribution in [3.63, 3.8) is 0 Å². The van der Waals surface area contributed by atoms with Gasteiger partial charge in [0.15, 0.2) is 5.75 Å². The molecule has 1 fully saturated rings. The number of rotatable bonds is 7. The number of urea groups is 1. The van der Waals surface area contributed by atoms with E-state index >= 15 is 0 Å². The molecule has 1 saturated heterocycles. The molecule has 25 heavy (non-hydrogen) atoms. The van der Waals surface area contributed by atoms with Crippen LogP contribution >= 0.6 is 11.6 Å². The van der Waals surface area contributed by atoms with Crippen LogP contribution in [0.3, 0.4) is 0 Å². The van der Waals surface area contributed by atoms with E-state index in [-0.39, 0.29) is 12.6 Å². The zero-order chi connectivity index (χ0) is 18.4. The lowest BCUT2D eigenvalue weighted by molar-refractivity contribution is -0.146. The van der Waals surface area contributed by atoms with E-state index in [9.17, 15) is 14.7 Å². The van der Waals surface area contributed by atoms with Crippen molar-refractivity contribution in [2.24, 2.45) is 5.41 Å². The van der Waals surface area contributed by atoms with E-state index in [4.69, 9.17) is 21.1 Å². The van der Waals surface area contributed by atoms with Crippen molar-refractivity contribution in [3.8, 4) is 5.75 Å². The fourth-order valence-electron chi connectivity index (χ4n) is 2.60. The van der Waals surface area contributed by atoms with Crippen molar-refractivity contribution in [2.75, 3.05) is 38.2 Å². The van der Waals surface area contributed by atoms with Crippen LogP contribution in [0.2, 0.25) is 5.02 Å². The van der Waals surface area contributed by atoms with Crippen molar-refractivity contribution < 1.29 is 24.2 Å². The van der Waals surface area contributed by atoms with Gasteiger partial charge in [-0.1, -0.05) is 17.7 Å². The number of para-hydroxylation sites is 1. The number of likely N-dealkylation sites (tertiary alicyclic amines) is 1. The molecule has 0 aliphatic carbocycles. The van der Waals surface area contributed by atoms with Crippen LogP contribution in [0.25, 0.3) is 0 Å². The number of nitrogens with zero attached hydrogens (tertiary/aromatic N) is 1. The molecule has 0 radical (unpaired) electrons. The fraction of sp³-hybridized carbons (Fsp3) is 0.529. The quantitative estimate of drug-likeness (QED) is 0.720. The highest BCUT2D eigenvalue weighted by Crippen LogP contribution is 2.34. The van der Waals surface area contributed by atoms with Crippen LogP contribution in [0.5, 0.6) is 5.75 Å². The van der Waals surface area contributed by atoms with E-state index in [0.717, 1.165) is 0 Å². The summed E-state index contributed by atoms with van der Waals surface area (Å²) in [7, 11) is 0. The number of carboxylic acid groups (broad SMARTS) is 1. The summed E-state index contributed by atoms with van der Waals surface area (Å²) >= 11 is 6.16. The number of carbonyl (C=O) groups excluding carboxylic acids is 1. The predicted octanol–water partition coefficient (Wildman–Crippen LogP) is 3.08. The third-order valence-electron chi connectivity index (χ3n) is 4.16. The van der Waals surface area contributed by atoms with Crippen LogP contribution in [0.4, 0.5) is 10.5 Å². The Morgan fingerprint density at radius 3 is 2.80 bits per heavy atom. The van der Waals surface area contributed by atoms with Crippen molar-refractivity contribution >= 4 is 29.3 Å². The van der Waals surface area contributed by atoms with Gasteiger partial charge < -0.3 is 24.8 Å². The molecule has 1 aliphatic heterocycles. The third kappa shape index (κ3) is 4.76. The number of hydrogen-bond donors (Lipinski definition) is 2. The number of carbonyl (C=O) groups is 2. The first-order chi connectivity index (χ1) is 11.9. The van der Waals surface area contributed by atoms with Crippen molar-refractivity contribution in [1.82, 2.24) is 4.90 Å². The summed E-state index contributed by atoms with van der Waals surface area (Å²) < 4.78 is 10.9. The molecule has 0 spiro atoms. The minimum atomic E-state index is -0.914. The second kappa shape index (κ2) is 8.40. The lowest BCUT2D eigenvalue weighted by atomic mass is 9.90. The Labute approximate surface area is 151 Å². The maximum absolute atomic E-state index is 12.5. The SMILES string of the molecule is CCOCCOc1c(Cl)cccc1NC(=O)N1CCC(C)(C(=O)O)C1. The molecule has 1 unspecified atom stereocenters. The summed E-state index contributed by atoms with van der Waals surface area (Å²) in [4.78, 5) is 25.3. The maximum atomic E-state index is 12.5. The molecule has 7 nitrogen and oxygen atoms in total. The minimum absolute atomic E-state index is 0.162. The molecule has 1 aromatic carbocycles. The molecular formula is C17H23ClN2O5. The zero-order valence-corrected chi connectivity index (χ0v) is 15.1. The van der Waals surface area contributed by atoms with Gasteiger partial charge in [0.1, 0.15) is 6.61 Å². The Morgan fingerprint density at radius 1 is 1.40 bits per heavy atom. The number of hydrogen-bond acceptors (Lipinski definition) is 4. The summed E-state index contributed by atoms with van der Waals surface area (Å²) in [6.45, 7) is 5.39. The maximum Gasteiger partial charge on any atom is 0.321 e. The van der Waals surface area contributed by atoms with Gasteiger partial charge in [0.2, 0.25) is 0 Å². The second-order valence-corrected chi connectivity index (χ2v) is 6.54. The first kappa shape index (κ1) is 19.3. The molecule has 1 aromatic rings. The number of aliphatic carboxylic acids is 1.